The van der Waals surface area contributed by atoms with Crippen LogP contribution in [0.5, 0.6) is 0 Å². The van der Waals surface area contributed by atoms with Gasteiger partial charge in [0.05, 0.1) is 12.6 Å². The predicted molar refractivity (Wildman–Crippen MR) is 98.7 cm³/mol. The lowest BCUT2D eigenvalue weighted by Crippen LogP contribution is -2.53. The Morgan fingerprint density at radius 2 is 1.96 bits per heavy atom. The van der Waals surface area contributed by atoms with Crippen molar-refractivity contribution in [3.05, 3.63) is 35.6 Å². The van der Waals surface area contributed by atoms with Gasteiger partial charge in [-0.3, -0.25) is 9.69 Å². The van der Waals surface area contributed by atoms with Crippen LogP contribution in [0, 0.1) is 17.1 Å². The van der Waals surface area contributed by atoms with E-state index in [4.69, 9.17) is 0 Å². The molecule has 0 saturated heterocycles. The zero-order valence-corrected chi connectivity index (χ0v) is 15.7. The Hall–Kier alpha value is -1.93. The van der Waals surface area contributed by atoms with Crippen molar-refractivity contribution < 1.29 is 9.18 Å². The second-order valence-electron chi connectivity index (χ2n) is 7.76. The number of hydrogen-bond acceptors (Lipinski definition) is 3. The highest BCUT2D eigenvalue weighted by Gasteiger charge is 2.41. The van der Waals surface area contributed by atoms with Gasteiger partial charge in [-0.1, -0.05) is 37.5 Å². The van der Waals surface area contributed by atoms with Crippen molar-refractivity contribution in [2.45, 2.75) is 69.5 Å². The number of hydrogen-bond donors (Lipinski definition) is 0. The van der Waals surface area contributed by atoms with Gasteiger partial charge in [-0.15, -0.1) is 0 Å². The van der Waals surface area contributed by atoms with Crippen LogP contribution in [-0.2, 0) is 4.79 Å². The van der Waals surface area contributed by atoms with Gasteiger partial charge in [-0.2, -0.15) is 5.26 Å². The van der Waals surface area contributed by atoms with Crippen LogP contribution in [0.3, 0.4) is 0 Å². The third kappa shape index (κ3) is 3.76. The number of rotatable bonds is 6. The first-order valence-corrected chi connectivity index (χ1v) is 9.66. The van der Waals surface area contributed by atoms with Gasteiger partial charge in [0, 0.05) is 24.7 Å². The highest BCUT2D eigenvalue weighted by atomic mass is 19.1. The molecule has 1 atom stereocenters. The summed E-state index contributed by atoms with van der Waals surface area (Å²) in [5.74, 6) is -0.268. The van der Waals surface area contributed by atoms with E-state index in [-0.39, 0.29) is 24.3 Å². The van der Waals surface area contributed by atoms with E-state index in [0.717, 1.165) is 44.9 Å². The minimum absolute atomic E-state index is 0.0384. The Morgan fingerprint density at radius 1 is 1.31 bits per heavy atom. The summed E-state index contributed by atoms with van der Waals surface area (Å²) in [7, 11) is 1.76. The molecule has 0 aliphatic heterocycles. The summed E-state index contributed by atoms with van der Waals surface area (Å²) in [5.41, 5.74) is -0.0475. The molecule has 4 nitrogen and oxygen atoms in total. The molecule has 0 heterocycles. The molecular weight excluding hydrogens is 329 g/mol. The maximum atomic E-state index is 14.2. The minimum atomic E-state index is -0.675. The van der Waals surface area contributed by atoms with E-state index < -0.39 is 5.54 Å². The summed E-state index contributed by atoms with van der Waals surface area (Å²) in [6.07, 6.45) is 6.69. The van der Waals surface area contributed by atoms with Crippen molar-refractivity contribution in [1.82, 2.24) is 9.80 Å². The average molecular weight is 357 g/mol. The Balaban J connectivity index is 1.75. The zero-order valence-electron chi connectivity index (χ0n) is 15.7. The summed E-state index contributed by atoms with van der Waals surface area (Å²) < 4.78 is 14.2. The zero-order chi connectivity index (χ0) is 18.7. The summed E-state index contributed by atoms with van der Waals surface area (Å²) in [6, 6.07) is 9.36. The first-order valence-electron chi connectivity index (χ1n) is 9.66. The average Bonchev–Trinajstić information content (AvgIpc) is 3.50. The molecular formula is C21H28FN3O. The number of amides is 1. The second kappa shape index (κ2) is 7.75. The van der Waals surface area contributed by atoms with Gasteiger partial charge in [-0.25, -0.2) is 4.39 Å². The van der Waals surface area contributed by atoms with E-state index in [1.807, 2.05) is 13.0 Å². The van der Waals surface area contributed by atoms with E-state index in [2.05, 4.69) is 11.0 Å². The van der Waals surface area contributed by atoms with Gasteiger partial charge in [0.15, 0.2) is 0 Å². The van der Waals surface area contributed by atoms with Crippen LogP contribution in [0.1, 0.15) is 63.5 Å². The van der Waals surface area contributed by atoms with Gasteiger partial charge >= 0.3 is 0 Å². The molecule has 1 aromatic carbocycles. The van der Waals surface area contributed by atoms with Crippen LogP contribution in [0.25, 0.3) is 0 Å². The SMILES string of the molecule is CC(c1ccccc1F)N(CC(=O)N(C)C1(C#N)CCCCC1)C1CC1. The van der Waals surface area contributed by atoms with E-state index in [0.29, 0.717) is 11.6 Å². The molecule has 2 saturated carbocycles. The molecule has 140 valence electrons. The summed E-state index contributed by atoms with van der Waals surface area (Å²) in [5, 5.41) is 9.73. The fourth-order valence-electron chi connectivity index (χ4n) is 4.14. The topological polar surface area (TPSA) is 47.3 Å². The van der Waals surface area contributed by atoms with Gasteiger partial charge in [-0.05, 0) is 38.7 Å². The molecule has 3 rings (SSSR count). The van der Waals surface area contributed by atoms with Crippen LogP contribution < -0.4 is 0 Å². The molecule has 0 radical (unpaired) electrons. The van der Waals surface area contributed by atoms with Crippen molar-refractivity contribution in [1.29, 1.82) is 5.26 Å². The Bertz CT molecular complexity index is 689. The van der Waals surface area contributed by atoms with E-state index in [9.17, 15) is 14.4 Å². The quantitative estimate of drug-likeness (QED) is 0.772. The Morgan fingerprint density at radius 3 is 2.54 bits per heavy atom. The van der Waals surface area contributed by atoms with E-state index in [1.54, 1.807) is 24.1 Å². The monoisotopic (exact) mass is 357 g/mol. The molecule has 0 aromatic heterocycles. The number of benzene rings is 1. The first-order chi connectivity index (χ1) is 12.5. The van der Waals surface area contributed by atoms with Gasteiger partial charge < -0.3 is 4.90 Å². The summed E-state index contributed by atoms with van der Waals surface area (Å²) in [6.45, 7) is 2.20. The highest BCUT2D eigenvalue weighted by molar-refractivity contribution is 5.79. The van der Waals surface area contributed by atoms with Gasteiger partial charge in [0.1, 0.15) is 11.4 Å². The van der Waals surface area contributed by atoms with Crippen molar-refractivity contribution in [3.8, 4) is 6.07 Å². The highest BCUT2D eigenvalue weighted by Crippen LogP contribution is 2.36. The lowest BCUT2D eigenvalue weighted by molar-refractivity contribution is -0.136. The number of halogens is 1. The molecule has 0 bridgehead atoms. The fourth-order valence-corrected chi connectivity index (χ4v) is 4.14. The van der Waals surface area contributed by atoms with Crippen molar-refractivity contribution in [3.63, 3.8) is 0 Å². The third-order valence-corrected chi connectivity index (χ3v) is 6.09. The smallest absolute Gasteiger partial charge is 0.237 e. The summed E-state index contributed by atoms with van der Waals surface area (Å²) >= 11 is 0. The lowest BCUT2D eigenvalue weighted by atomic mass is 9.81. The first kappa shape index (κ1) is 18.8. The van der Waals surface area contributed by atoms with Crippen LogP contribution in [0.4, 0.5) is 4.39 Å². The number of nitriles is 1. The molecule has 26 heavy (non-hydrogen) atoms. The number of nitrogens with zero attached hydrogens (tertiary/aromatic N) is 3. The van der Waals surface area contributed by atoms with Crippen LogP contribution >= 0.6 is 0 Å². The van der Waals surface area contributed by atoms with Crippen molar-refractivity contribution in [2.24, 2.45) is 0 Å². The molecule has 2 aliphatic carbocycles. The predicted octanol–water partition coefficient (Wildman–Crippen LogP) is 4.04. The van der Waals surface area contributed by atoms with Crippen LogP contribution in [0.2, 0.25) is 0 Å². The molecule has 1 unspecified atom stereocenters. The Labute approximate surface area is 155 Å². The molecule has 2 aliphatic rings. The standard InChI is InChI=1S/C21H28FN3O/c1-16(18-8-4-5-9-19(18)22)25(17-10-11-17)14-20(26)24(2)21(15-23)12-6-3-7-13-21/h4-5,8-9,16-17H,3,6-7,10-14H2,1-2H3. The normalized spacial score (nSPS) is 20.4. The maximum absolute atomic E-state index is 14.2. The third-order valence-electron chi connectivity index (χ3n) is 6.09. The molecule has 2 fully saturated rings. The van der Waals surface area contributed by atoms with Crippen molar-refractivity contribution >= 4 is 5.91 Å². The van der Waals surface area contributed by atoms with Gasteiger partial charge in [0.2, 0.25) is 5.91 Å². The number of likely N-dealkylation sites (N-methyl/N-ethyl adjacent to an activating group) is 1. The second-order valence-corrected chi connectivity index (χ2v) is 7.76. The van der Waals surface area contributed by atoms with E-state index >= 15 is 0 Å². The molecule has 1 amide bonds. The number of carbonyl (C=O) groups excluding carboxylic acids is 1. The lowest BCUT2D eigenvalue weighted by Gasteiger charge is -2.40. The molecule has 0 N–H and O–H groups in total. The minimum Gasteiger partial charge on any atom is -0.326 e. The largest absolute Gasteiger partial charge is 0.326 e. The number of carbonyl (C=O) groups is 1. The van der Waals surface area contributed by atoms with Crippen LogP contribution in [0.15, 0.2) is 24.3 Å². The summed E-state index contributed by atoms with van der Waals surface area (Å²) in [4.78, 5) is 16.8. The molecule has 0 spiro atoms. The molecule has 1 aromatic rings. The van der Waals surface area contributed by atoms with Gasteiger partial charge in [0.25, 0.3) is 0 Å². The Kier molecular flexibility index (Phi) is 5.62. The van der Waals surface area contributed by atoms with E-state index in [1.165, 1.54) is 6.07 Å². The molecule has 5 heteroatoms. The van der Waals surface area contributed by atoms with Crippen molar-refractivity contribution in [2.75, 3.05) is 13.6 Å². The maximum Gasteiger partial charge on any atom is 0.237 e. The fraction of sp³-hybridized carbons (Fsp3) is 0.619. The van der Waals surface area contributed by atoms with Crippen LogP contribution in [-0.4, -0.2) is 40.9 Å².